The van der Waals surface area contributed by atoms with Crippen LogP contribution in [0.15, 0.2) is 66.4 Å². The predicted octanol–water partition coefficient (Wildman–Crippen LogP) is 3.95. The van der Waals surface area contributed by atoms with Crippen LogP contribution in [0.25, 0.3) is 6.08 Å². The molecule has 0 heterocycles. The van der Waals surface area contributed by atoms with Crippen LogP contribution in [0.3, 0.4) is 0 Å². The maximum atomic E-state index is 12.3. The van der Waals surface area contributed by atoms with E-state index in [1.807, 2.05) is 55.5 Å². The molecular weight excluding hydrogens is 236 g/mol. The van der Waals surface area contributed by atoms with Gasteiger partial charge in [-0.15, -0.1) is 0 Å². The van der Waals surface area contributed by atoms with Crippen molar-refractivity contribution in [2.24, 2.45) is 0 Å². The Hall–Kier alpha value is -2.35. The minimum Gasteiger partial charge on any atom is -0.490 e. The van der Waals surface area contributed by atoms with Crippen LogP contribution in [0.1, 0.15) is 22.8 Å². The van der Waals surface area contributed by atoms with E-state index in [1.54, 1.807) is 18.2 Å². The summed E-state index contributed by atoms with van der Waals surface area (Å²) in [5.41, 5.74) is 1.59. The number of ether oxygens (including phenoxy) is 1. The van der Waals surface area contributed by atoms with E-state index in [2.05, 4.69) is 0 Å². The van der Waals surface area contributed by atoms with Crippen molar-refractivity contribution in [3.8, 4) is 0 Å². The van der Waals surface area contributed by atoms with Crippen LogP contribution in [-0.4, -0.2) is 12.4 Å². The molecule has 19 heavy (non-hydrogen) atoms. The second kappa shape index (κ2) is 6.55. The van der Waals surface area contributed by atoms with Gasteiger partial charge >= 0.3 is 0 Å². The smallest absolute Gasteiger partial charge is 0.227 e. The minimum atomic E-state index is -0.0914. The molecule has 0 unspecified atom stereocenters. The number of allylic oxidation sites excluding steroid dienone is 1. The molecule has 0 bridgehead atoms. The Morgan fingerprint density at radius 3 is 2.16 bits per heavy atom. The lowest BCUT2D eigenvalue weighted by Crippen LogP contribution is -2.06. The fourth-order valence-electron chi connectivity index (χ4n) is 1.76. The van der Waals surface area contributed by atoms with Crippen molar-refractivity contribution in [3.63, 3.8) is 0 Å². The number of hydrogen-bond donors (Lipinski definition) is 0. The summed E-state index contributed by atoms with van der Waals surface area (Å²) in [5, 5.41) is 0. The zero-order chi connectivity index (χ0) is 13.5. The standard InChI is InChI=1S/C17H16O2/c1-2-19-16(13-14-9-5-3-6-10-14)17(18)15-11-7-4-8-12-15/h3-13H,2H2,1H3. The average Bonchev–Trinajstić information content (AvgIpc) is 2.48. The number of ketones is 1. The van der Waals surface area contributed by atoms with Crippen molar-refractivity contribution >= 4 is 11.9 Å². The molecule has 2 aromatic carbocycles. The van der Waals surface area contributed by atoms with Gasteiger partial charge < -0.3 is 4.74 Å². The molecule has 0 saturated carbocycles. The number of hydrogen-bond acceptors (Lipinski definition) is 2. The Kier molecular flexibility index (Phi) is 4.51. The van der Waals surface area contributed by atoms with Gasteiger partial charge in [0.25, 0.3) is 0 Å². The number of Topliss-reactive ketones (excluding diaryl/α,β-unsaturated/α-hetero) is 1. The second-order valence-electron chi connectivity index (χ2n) is 4.05. The molecule has 0 radical (unpaired) electrons. The minimum absolute atomic E-state index is 0.0914. The van der Waals surface area contributed by atoms with Crippen molar-refractivity contribution in [2.45, 2.75) is 6.92 Å². The molecule has 0 spiro atoms. The number of carbonyl (C=O) groups excluding carboxylic acids is 1. The molecule has 0 fully saturated rings. The summed E-state index contributed by atoms with van der Waals surface area (Å²) in [6.07, 6.45) is 1.78. The van der Waals surface area contributed by atoms with E-state index in [1.165, 1.54) is 0 Å². The fourth-order valence-corrected chi connectivity index (χ4v) is 1.76. The molecule has 0 amide bonds. The predicted molar refractivity (Wildman–Crippen MR) is 76.8 cm³/mol. The quantitative estimate of drug-likeness (QED) is 0.457. The topological polar surface area (TPSA) is 26.3 Å². The molecule has 2 rings (SSSR count). The third-order valence-electron chi connectivity index (χ3n) is 2.66. The van der Waals surface area contributed by atoms with E-state index < -0.39 is 0 Å². The van der Waals surface area contributed by atoms with Gasteiger partial charge in [-0.05, 0) is 18.6 Å². The zero-order valence-corrected chi connectivity index (χ0v) is 10.9. The molecule has 0 aromatic heterocycles. The number of rotatable bonds is 5. The normalized spacial score (nSPS) is 11.1. The summed E-state index contributed by atoms with van der Waals surface area (Å²) in [7, 11) is 0. The van der Waals surface area contributed by atoms with Gasteiger partial charge in [0.1, 0.15) is 0 Å². The molecule has 96 valence electrons. The SMILES string of the molecule is CCOC(=Cc1ccccc1)C(=O)c1ccccc1. The highest BCUT2D eigenvalue weighted by Crippen LogP contribution is 2.14. The number of benzene rings is 2. The van der Waals surface area contributed by atoms with Crippen LogP contribution in [0.5, 0.6) is 0 Å². The van der Waals surface area contributed by atoms with Gasteiger partial charge in [0.2, 0.25) is 5.78 Å². The maximum Gasteiger partial charge on any atom is 0.227 e. The highest BCUT2D eigenvalue weighted by molar-refractivity contribution is 6.09. The van der Waals surface area contributed by atoms with Crippen LogP contribution in [-0.2, 0) is 4.74 Å². The van der Waals surface area contributed by atoms with Crippen molar-refractivity contribution < 1.29 is 9.53 Å². The van der Waals surface area contributed by atoms with E-state index >= 15 is 0 Å². The van der Waals surface area contributed by atoms with Gasteiger partial charge in [0.15, 0.2) is 5.76 Å². The Morgan fingerprint density at radius 1 is 1.00 bits per heavy atom. The molecular formula is C17H16O2. The molecule has 0 N–H and O–H groups in total. The highest BCUT2D eigenvalue weighted by atomic mass is 16.5. The summed E-state index contributed by atoms with van der Waals surface area (Å²) in [5.74, 6) is 0.284. The highest BCUT2D eigenvalue weighted by Gasteiger charge is 2.12. The van der Waals surface area contributed by atoms with Crippen LogP contribution in [0.4, 0.5) is 0 Å². The van der Waals surface area contributed by atoms with Crippen LogP contribution < -0.4 is 0 Å². The summed E-state index contributed by atoms with van der Waals surface area (Å²) >= 11 is 0. The maximum absolute atomic E-state index is 12.3. The Balaban J connectivity index is 2.31. The van der Waals surface area contributed by atoms with Gasteiger partial charge in [0.05, 0.1) is 6.61 Å². The molecule has 2 nitrogen and oxygen atoms in total. The first kappa shape index (κ1) is 13.1. The van der Waals surface area contributed by atoms with Crippen molar-refractivity contribution in [3.05, 3.63) is 77.5 Å². The zero-order valence-electron chi connectivity index (χ0n) is 10.9. The first-order valence-electron chi connectivity index (χ1n) is 6.30. The lowest BCUT2D eigenvalue weighted by molar-refractivity contribution is 0.0931. The molecule has 0 aliphatic rings. The first-order valence-corrected chi connectivity index (χ1v) is 6.30. The van der Waals surface area contributed by atoms with Gasteiger partial charge in [-0.25, -0.2) is 0 Å². The Bertz CT molecular complexity index is 556. The van der Waals surface area contributed by atoms with Crippen molar-refractivity contribution in [2.75, 3.05) is 6.61 Å². The van der Waals surface area contributed by atoms with Gasteiger partial charge in [-0.1, -0.05) is 60.7 Å². The molecule has 0 aliphatic heterocycles. The monoisotopic (exact) mass is 252 g/mol. The van der Waals surface area contributed by atoms with E-state index in [4.69, 9.17) is 4.74 Å². The van der Waals surface area contributed by atoms with E-state index in [0.29, 0.717) is 17.9 Å². The van der Waals surface area contributed by atoms with Gasteiger partial charge in [-0.3, -0.25) is 4.79 Å². The molecule has 0 saturated heterocycles. The summed E-state index contributed by atoms with van der Waals surface area (Å²) in [6, 6.07) is 18.9. The summed E-state index contributed by atoms with van der Waals surface area (Å²) < 4.78 is 5.47. The molecule has 0 aliphatic carbocycles. The molecule has 2 aromatic rings. The van der Waals surface area contributed by atoms with Crippen molar-refractivity contribution in [1.82, 2.24) is 0 Å². The van der Waals surface area contributed by atoms with Gasteiger partial charge in [0, 0.05) is 5.56 Å². The lowest BCUT2D eigenvalue weighted by atomic mass is 10.1. The van der Waals surface area contributed by atoms with Crippen LogP contribution in [0.2, 0.25) is 0 Å². The van der Waals surface area contributed by atoms with Crippen LogP contribution in [0, 0.1) is 0 Å². The molecule has 2 heteroatoms. The molecule has 0 atom stereocenters. The Morgan fingerprint density at radius 2 is 1.58 bits per heavy atom. The van der Waals surface area contributed by atoms with Gasteiger partial charge in [-0.2, -0.15) is 0 Å². The second-order valence-corrected chi connectivity index (χ2v) is 4.05. The average molecular weight is 252 g/mol. The van der Waals surface area contributed by atoms with Crippen LogP contribution >= 0.6 is 0 Å². The lowest BCUT2D eigenvalue weighted by Gasteiger charge is -2.08. The third-order valence-corrected chi connectivity index (χ3v) is 2.66. The first-order chi connectivity index (χ1) is 9.31. The fraction of sp³-hybridized carbons (Fsp3) is 0.118. The summed E-state index contributed by atoms with van der Waals surface area (Å²) in [4.78, 5) is 12.3. The van der Waals surface area contributed by atoms with Crippen molar-refractivity contribution in [1.29, 1.82) is 0 Å². The largest absolute Gasteiger partial charge is 0.490 e. The van der Waals surface area contributed by atoms with E-state index in [0.717, 1.165) is 5.56 Å². The summed E-state index contributed by atoms with van der Waals surface area (Å²) in [6.45, 7) is 2.34. The van der Waals surface area contributed by atoms with E-state index in [-0.39, 0.29) is 5.78 Å². The Labute approximate surface area is 113 Å². The number of carbonyl (C=O) groups is 1. The van der Waals surface area contributed by atoms with E-state index in [9.17, 15) is 4.79 Å². The third kappa shape index (κ3) is 3.55.